The second-order valence-corrected chi connectivity index (χ2v) is 6.60. The van der Waals surface area contributed by atoms with Crippen LogP contribution in [0.25, 0.3) is 0 Å². The number of nitrogens with zero attached hydrogens (tertiary/aromatic N) is 2. The third kappa shape index (κ3) is 3.85. The molecule has 0 aliphatic heterocycles. The number of carbonyl (C=O) groups is 1. The summed E-state index contributed by atoms with van der Waals surface area (Å²) in [5, 5.41) is 9.54. The highest BCUT2D eigenvalue weighted by Crippen LogP contribution is 2.57. The van der Waals surface area contributed by atoms with Crippen LogP contribution in [0.5, 0.6) is 11.5 Å². The van der Waals surface area contributed by atoms with Gasteiger partial charge in [-0.3, -0.25) is 4.79 Å². The minimum atomic E-state index is -0.961. The molecule has 0 radical (unpaired) electrons. The molecule has 1 heterocycles. The van der Waals surface area contributed by atoms with Crippen LogP contribution < -0.4 is 9.47 Å². The van der Waals surface area contributed by atoms with E-state index in [9.17, 15) is 14.3 Å². The fourth-order valence-corrected chi connectivity index (χ4v) is 3.22. The predicted octanol–water partition coefficient (Wildman–Crippen LogP) is 2.64. The lowest BCUT2D eigenvalue weighted by atomic mass is 9.92. The number of rotatable bonds is 8. The second kappa shape index (κ2) is 7.48. The number of hydrogen-bond donors (Lipinski definition) is 1. The first kappa shape index (κ1) is 19.0. The molecule has 1 fully saturated rings. The van der Waals surface area contributed by atoms with Gasteiger partial charge in [-0.25, -0.2) is 14.4 Å². The Labute approximate surface area is 156 Å². The maximum absolute atomic E-state index is 13.9. The van der Waals surface area contributed by atoms with Gasteiger partial charge in [0.2, 0.25) is 0 Å². The summed E-state index contributed by atoms with van der Waals surface area (Å²) in [4.78, 5) is 20.0. The van der Waals surface area contributed by atoms with Crippen molar-refractivity contribution in [2.24, 2.45) is 5.92 Å². The summed E-state index contributed by atoms with van der Waals surface area (Å²) in [5.41, 5.74) is 0.215. The number of halogens is 1. The molecular weight excluding hydrogens is 355 g/mol. The van der Waals surface area contributed by atoms with Gasteiger partial charge in [0.1, 0.15) is 17.4 Å². The molecule has 0 unspecified atom stereocenters. The van der Waals surface area contributed by atoms with Crippen LogP contribution in [0.4, 0.5) is 4.39 Å². The molecule has 8 heteroatoms. The van der Waals surface area contributed by atoms with Gasteiger partial charge in [-0.2, -0.15) is 0 Å². The number of aliphatic carboxylic acids is 1. The maximum atomic E-state index is 13.9. The molecule has 1 N–H and O–H groups in total. The Morgan fingerprint density at radius 1 is 1.33 bits per heavy atom. The van der Waals surface area contributed by atoms with Crippen molar-refractivity contribution in [1.82, 2.24) is 9.97 Å². The quantitative estimate of drug-likeness (QED) is 0.708. The van der Waals surface area contributed by atoms with Crippen molar-refractivity contribution < 1.29 is 28.5 Å². The SMILES string of the molecule is COCOc1ccc(F)cc1[C@]1(COc2cnc(C)nc2C)C[C@H]1C(=O)O. The lowest BCUT2D eigenvalue weighted by Crippen LogP contribution is -2.25. The summed E-state index contributed by atoms with van der Waals surface area (Å²) in [6.45, 7) is 3.57. The maximum Gasteiger partial charge on any atom is 0.307 e. The van der Waals surface area contributed by atoms with E-state index >= 15 is 0 Å². The zero-order valence-electron chi connectivity index (χ0n) is 15.4. The van der Waals surface area contributed by atoms with Crippen molar-refractivity contribution in [3.05, 3.63) is 47.3 Å². The summed E-state index contributed by atoms with van der Waals surface area (Å²) in [7, 11) is 1.47. The van der Waals surface area contributed by atoms with Crippen LogP contribution in [0.15, 0.2) is 24.4 Å². The molecule has 1 saturated carbocycles. The number of aryl methyl sites for hydroxylation is 2. The molecule has 2 atom stereocenters. The van der Waals surface area contributed by atoms with Gasteiger partial charge in [0, 0.05) is 18.1 Å². The number of aromatic nitrogens is 2. The molecule has 0 amide bonds. The predicted molar refractivity (Wildman–Crippen MR) is 93.3 cm³/mol. The number of methoxy groups -OCH3 is 1. The Kier molecular flexibility index (Phi) is 5.27. The van der Waals surface area contributed by atoms with E-state index in [2.05, 4.69) is 9.97 Å². The average molecular weight is 376 g/mol. The Hall–Kier alpha value is -2.74. The van der Waals surface area contributed by atoms with Gasteiger partial charge in [-0.05, 0) is 38.5 Å². The molecule has 0 bridgehead atoms. The van der Waals surface area contributed by atoms with Gasteiger partial charge in [0.05, 0.1) is 24.4 Å². The Morgan fingerprint density at radius 2 is 2.11 bits per heavy atom. The minimum Gasteiger partial charge on any atom is -0.489 e. The number of ether oxygens (including phenoxy) is 3. The zero-order chi connectivity index (χ0) is 19.6. The van der Waals surface area contributed by atoms with Gasteiger partial charge >= 0.3 is 5.97 Å². The number of carboxylic acid groups (broad SMARTS) is 1. The van der Waals surface area contributed by atoms with Crippen molar-refractivity contribution in [2.75, 3.05) is 20.5 Å². The lowest BCUT2D eigenvalue weighted by Gasteiger charge is -2.21. The van der Waals surface area contributed by atoms with Crippen LogP contribution in [0, 0.1) is 25.6 Å². The first-order valence-electron chi connectivity index (χ1n) is 8.45. The molecule has 1 aliphatic rings. The standard InChI is InChI=1S/C19H21FN2O5/c1-11-17(8-21-12(2)22-11)26-9-19(7-15(19)18(23)24)14-6-13(20)4-5-16(14)27-10-25-3/h4-6,8,15H,7,9-10H2,1-3H3,(H,23,24)/t15-,19+/m0/s1. The van der Waals surface area contributed by atoms with Crippen molar-refractivity contribution in [3.8, 4) is 11.5 Å². The Morgan fingerprint density at radius 3 is 2.74 bits per heavy atom. The average Bonchev–Trinajstić information content (AvgIpc) is 3.36. The zero-order valence-corrected chi connectivity index (χ0v) is 15.4. The number of benzene rings is 1. The number of carboxylic acids is 1. The molecule has 7 nitrogen and oxygen atoms in total. The summed E-state index contributed by atoms with van der Waals surface area (Å²) in [6.07, 6.45) is 1.87. The normalized spacial score (nSPS) is 21.0. The molecule has 1 aromatic heterocycles. The van der Waals surface area contributed by atoms with Crippen molar-refractivity contribution in [3.63, 3.8) is 0 Å². The van der Waals surface area contributed by atoms with Crippen LogP contribution in [-0.2, 0) is 14.9 Å². The van der Waals surface area contributed by atoms with E-state index in [1.165, 1.54) is 25.3 Å². The monoisotopic (exact) mass is 376 g/mol. The highest BCUT2D eigenvalue weighted by molar-refractivity contribution is 5.78. The largest absolute Gasteiger partial charge is 0.489 e. The molecule has 144 valence electrons. The van der Waals surface area contributed by atoms with Crippen LogP contribution in [-0.4, -0.2) is 41.6 Å². The highest BCUT2D eigenvalue weighted by atomic mass is 19.1. The van der Waals surface area contributed by atoms with Gasteiger partial charge in [0.25, 0.3) is 0 Å². The minimum absolute atomic E-state index is 0.0295. The molecule has 1 aromatic carbocycles. The molecule has 1 aliphatic carbocycles. The Balaban J connectivity index is 1.92. The fraction of sp³-hybridized carbons (Fsp3) is 0.421. The molecule has 0 saturated heterocycles. The van der Waals surface area contributed by atoms with Gasteiger partial charge in [-0.15, -0.1) is 0 Å². The fourth-order valence-electron chi connectivity index (χ4n) is 3.22. The van der Waals surface area contributed by atoms with E-state index < -0.39 is 23.1 Å². The first-order chi connectivity index (χ1) is 12.9. The summed E-state index contributed by atoms with van der Waals surface area (Å²) in [6, 6.07) is 4.04. The van der Waals surface area contributed by atoms with Crippen molar-refractivity contribution in [2.45, 2.75) is 25.7 Å². The molecule has 2 aromatic rings. The second-order valence-electron chi connectivity index (χ2n) is 6.60. The molecule has 0 spiro atoms. The number of hydrogen-bond acceptors (Lipinski definition) is 6. The highest BCUT2D eigenvalue weighted by Gasteiger charge is 2.61. The van der Waals surface area contributed by atoms with Gasteiger partial charge in [0.15, 0.2) is 12.5 Å². The van der Waals surface area contributed by atoms with Crippen LogP contribution in [0.2, 0.25) is 0 Å². The first-order valence-corrected chi connectivity index (χ1v) is 8.45. The summed E-state index contributed by atoms with van der Waals surface area (Å²) < 4.78 is 30.2. The van der Waals surface area contributed by atoms with Crippen LogP contribution in [0.1, 0.15) is 23.5 Å². The van der Waals surface area contributed by atoms with E-state index in [0.29, 0.717) is 35.0 Å². The van der Waals surface area contributed by atoms with E-state index in [0.717, 1.165) is 0 Å². The third-order valence-corrected chi connectivity index (χ3v) is 4.72. The van der Waals surface area contributed by atoms with Gasteiger partial charge < -0.3 is 19.3 Å². The van der Waals surface area contributed by atoms with Crippen molar-refractivity contribution in [1.29, 1.82) is 0 Å². The van der Waals surface area contributed by atoms with E-state index in [4.69, 9.17) is 14.2 Å². The summed E-state index contributed by atoms with van der Waals surface area (Å²) in [5.74, 6) is -0.674. The smallest absolute Gasteiger partial charge is 0.307 e. The van der Waals surface area contributed by atoms with E-state index in [-0.39, 0.29) is 13.4 Å². The summed E-state index contributed by atoms with van der Waals surface area (Å²) >= 11 is 0. The van der Waals surface area contributed by atoms with Crippen LogP contribution in [0.3, 0.4) is 0 Å². The van der Waals surface area contributed by atoms with E-state index in [1.807, 2.05) is 0 Å². The van der Waals surface area contributed by atoms with Crippen molar-refractivity contribution >= 4 is 5.97 Å². The Bertz CT molecular complexity index is 860. The van der Waals surface area contributed by atoms with E-state index in [1.54, 1.807) is 20.0 Å². The molecule has 3 rings (SSSR count). The topological polar surface area (TPSA) is 90.8 Å². The molecular formula is C19H21FN2O5. The van der Waals surface area contributed by atoms with Gasteiger partial charge in [-0.1, -0.05) is 0 Å². The lowest BCUT2D eigenvalue weighted by molar-refractivity contribution is -0.139. The molecule has 27 heavy (non-hydrogen) atoms. The third-order valence-electron chi connectivity index (χ3n) is 4.72. The van der Waals surface area contributed by atoms with Crippen LogP contribution >= 0.6 is 0 Å².